The summed E-state index contributed by atoms with van der Waals surface area (Å²) in [6.45, 7) is 0.315. The van der Waals surface area contributed by atoms with E-state index >= 15 is 0 Å². The number of aryl methyl sites for hydroxylation is 1. The molecule has 0 saturated carbocycles. The molecule has 0 spiro atoms. The Morgan fingerprint density at radius 3 is 2.71 bits per heavy atom. The predicted octanol–water partition coefficient (Wildman–Crippen LogP) is -0.722. The van der Waals surface area contributed by atoms with Crippen molar-refractivity contribution in [3.05, 3.63) is 18.0 Å². The molecule has 0 radical (unpaired) electrons. The minimum atomic E-state index is -1.32. The molecule has 0 fully saturated rings. The van der Waals surface area contributed by atoms with Crippen LogP contribution in [0.2, 0.25) is 0 Å². The Labute approximate surface area is 121 Å². The highest BCUT2D eigenvalue weighted by atomic mass is 16.5. The van der Waals surface area contributed by atoms with Crippen LogP contribution >= 0.6 is 0 Å². The molecule has 116 valence electrons. The molecule has 0 aliphatic carbocycles. The van der Waals surface area contributed by atoms with Gasteiger partial charge in [-0.2, -0.15) is 5.10 Å². The minimum absolute atomic E-state index is 0.315. The first kappa shape index (κ1) is 16.5. The predicted molar refractivity (Wildman–Crippen MR) is 71.5 cm³/mol. The van der Waals surface area contributed by atoms with Crippen molar-refractivity contribution >= 4 is 18.0 Å². The number of rotatable bonds is 7. The Kier molecular flexibility index (Phi) is 6.18. The van der Waals surface area contributed by atoms with Crippen molar-refractivity contribution in [1.82, 2.24) is 20.4 Å². The zero-order chi connectivity index (χ0) is 15.8. The third-order valence-electron chi connectivity index (χ3n) is 2.79. The highest BCUT2D eigenvalue weighted by Crippen LogP contribution is 1.97. The lowest BCUT2D eigenvalue weighted by molar-refractivity contribution is -0.147. The lowest BCUT2D eigenvalue weighted by atomic mass is 10.2. The molecule has 1 aromatic rings. The fraction of sp³-hybridized carbons (Fsp3) is 0.500. The molecule has 1 aromatic heterocycles. The summed E-state index contributed by atoms with van der Waals surface area (Å²) in [5, 5.41) is 17.6. The van der Waals surface area contributed by atoms with E-state index in [-0.39, 0.29) is 0 Å². The van der Waals surface area contributed by atoms with Gasteiger partial charge in [-0.1, -0.05) is 0 Å². The van der Waals surface area contributed by atoms with Crippen LogP contribution in [-0.4, -0.2) is 52.6 Å². The first-order chi connectivity index (χ1) is 9.93. The van der Waals surface area contributed by atoms with E-state index in [9.17, 15) is 14.4 Å². The number of hydrogen-bond donors (Lipinski definition) is 3. The van der Waals surface area contributed by atoms with Crippen LogP contribution in [0.25, 0.3) is 0 Å². The lowest BCUT2D eigenvalue weighted by Gasteiger charge is -2.14. The average Bonchev–Trinajstić information content (AvgIpc) is 2.83. The zero-order valence-electron chi connectivity index (χ0n) is 11.8. The van der Waals surface area contributed by atoms with Crippen LogP contribution < -0.4 is 10.6 Å². The fourth-order valence-corrected chi connectivity index (χ4v) is 1.61. The van der Waals surface area contributed by atoms with E-state index in [1.807, 2.05) is 6.07 Å². The fourth-order valence-electron chi connectivity index (χ4n) is 1.61. The number of carbonyl (C=O) groups excluding carboxylic acids is 2. The standard InChI is InChI=1S/C12H18N4O5/c1-16-8(4-6-14-16)3-5-13-12(20)15-9(11(18)19)7-10(17)21-2/h4,6,9H,3,5,7H2,1-2H3,(H,18,19)(H2,13,15,20)/t9-/m0/s1. The van der Waals surface area contributed by atoms with Gasteiger partial charge in [0.05, 0.1) is 13.5 Å². The molecule has 0 aromatic carbocycles. The molecule has 0 saturated heterocycles. The minimum Gasteiger partial charge on any atom is -0.480 e. The third-order valence-corrected chi connectivity index (χ3v) is 2.79. The monoisotopic (exact) mass is 298 g/mol. The number of nitrogens with one attached hydrogen (secondary N) is 2. The lowest BCUT2D eigenvalue weighted by Crippen LogP contribution is -2.47. The highest BCUT2D eigenvalue weighted by molar-refractivity contribution is 5.86. The van der Waals surface area contributed by atoms with Crippen LogP contribution in [-0.2, 0) is 27.8 Å². The summed E-state index contributed by atoms with van der Waals surface area (Å²) in [4.78, 5) is 33.6. The highest BCUT2D eigenvalue weighted by Gasteiger charge is 2.23. The summed E-state index contributed by atoms with van der Waals surface area (Å²) >= 11 is 0. The SMILES string of the molecule is COC(=O)C[C@H](NC(=O)NCCc1ccnn1C)C(=O)O. The molecule has 1 atom stereocenters. The molecular weight excluding hydrogens is 280 g/mol. The Bertz CT molecular complexity index is 514. The van der Waals surface area contributed by atoms with Gasteiger partial charge in [-0.15, -0.1) is 0 Å². The Morgan fingerprint density at radius 1 is 1.48 bits per heavy atom. The number of esters is 1. The van der Waals surface area contributed by atoms with Crippen LogP contribution in [0.1, 0.15) is 12.1 Å². The van der Waals surface area contributed by atoms with Crippen LogP contribution in [0.15, 0.2) is 12.3 Å². The summed E-state index contributed by atoms with van der Waals surface area (Å²) < 4.78 is 6.05. The van der Waals surface area contributed by atoms with E-state index in [2.05, 4.69) is 20.5 Å². The maximum Gasteiger partial charge on any atom is 0.326 e. The molecule has 0 aliphatic rings. The molecule has 0 bridgehead atoms. The summed E-state index contributed by atoms with van der Waals surface area (Å²) in [5.41, 5.74) is 0.930. The van der Waals surface area contributed by atoms with Gasteiger partial charge in [0.2, 0.25) is 0 Å². The molecule has 1 rings (SSSR count). The van der Waals surface area contributed by atoms with Gasteiger partial charge in [-0.3, -0.25) is 9.48 Å². The summed E-state index contributed by atoms with van der Waals surface area (Å²) in [5.74, 6) is -2.01. The number of hydrogen-bond acceptors (Lipinski definition) is 5. The number of urea groups is 1. The van der Waals surface area contributed by atoms with E-state index < -0.39 is 30.4 Å². The Balaban J connectivity index is 2.38. The molecule has 9 heteroatoms. The summed E-state index contributed by atoms with van der Waals surface area (Å²) in [6.07, 6.45) is 1.77. The molecular formula is C12H18N4O5. The van der Waals surface area contributed by atoms with Gasteiger partial charge in [0.15, 0.2) is 0 Å². The van der Waals surface area contributed by atoms with Crippen molar-refractivity contribution < 1.29 is 24.2 Å². The van der Waals surface area contributed by atoms with E-state index in [0.29, 0.717) is 13.0 Å². The second-order valence-electron chi connectivity index (χ2n) is 4.27. The Hall–Kier alpha value is -2.58. The van der Waals surface area contributed by atoms with Gasteiger partial charge in [0, 0.05) is 31.9 Å². The van der Waals surface area contributed by atoms with Gasteiger partial charge in [-0.05, 0) is 6.07 Å². The molecule has 0 unspecified atom stereocenters. The molecule has 1 heterocycles. The number of nitrogens with zero attached hydrogens (tertiary/aromatic N) is 2. The summed E-state index contributed by atoms with van der Waals surface area (Å²) in [7, 11) is 2.93. The van der Waals surface area contributed by atoms with Crippen molar-refractivity contribution in [2.45, 2.75) is 18.9 Å². The maximum atomic E-state index is 11.6. The number of carboxylic acids is 1. The quantitative estimate of drug-likeness (QED) is 0.571. The maximum absolute atomic E-state index is 11.6. The van der Waals surface area contributed by atoms with Crippen molar-refractivity contribution in [2.75, 3.05) is 13.7 Å². The van der Waals surface area contributed by atoms with Gasteiger partial charge < -0.3 is 20.5 Å². The molecule has 21 heavy (non-hydrogen) atoms. The Morgan fingerprint density at radius 2 is 2.19 bits per heavy atom. The van der Waals surface area contributed by atoms with Crippen molar-refractivity contribution in [3.63, 3.8) is 0 Å². The number of carboxylic acid groups (broad SMARTS) is 1. The van der Waals surface area contributed by atoms with Crippen LogP contribution in [0.4, 0.5) is 4.79 Å². The second kappa shape index (κ2) is 7.88. The van der Waals surface area contributed by atoms with Crippen LogP contribution in [0.3, 0.4) is 0 Å². The third kappa shape index (κ3) is 5.51. The second-order valence-corrected chi connectivity index (χ2v) is 4.27. The topological polar surface area (TPSA) is 123 Å². The van der Waals surface area contributed by atoms with Crippen molar-refractivity contribution in [3.8, 4) is 0 Å². The van der Waals surface area contributed by atoms with Gasteiger partial charge in [0.1, 0.15) is 6.04 Å². The van der Waals surface area contributed by atoms with E-state index in [0.717, 1.165) is 12.8 Å². The molecule has 3 N–H and O–H groups in total. The summed E-state index contributed by atoms with van der Waals surface area (Å²) in [6, 6.07) is -0.167. The van der Waals surface area contributed by atoms with Crippen molar-refractivity contribution in [1.29, 1.82) is 0 Å². The van der Waals surface area contributed by atoms with E-state index in [1.165, 1.54) is 0 Å². The van der Waals surface area contributed by atoms with E-state index in [4.69, 9.17) is 5.11 Å². The number of carbonyl (C=O) groups is 3. The smallest absolute Gasteiger partial charge is 0.326 e. The number of aliphatic carboxylic acids is 1. The van der Waals surface area contributed by atoms with Gasteiger partial charge in [-0.25, -0.2) is 9.59 Å². The zero-order valence-corrected chi connectivity index (χ0v) is 11.8. The number of aromatic nitrogens is 2. The molecule has 2 amide bonds. The van der Waals surface area contributed by atoms with Crippen molar-refractivity contribution in [2.24, 2.45) is 7.05 Å². The number of ether oxygens (including phenoxy) is 1. The van der Waals surface area contributed by atoms with E-state index in [1.54, 1.807) is 17.9 Å². The van der Waals surface area contributed by atoms with Gasteiger partial charge in [0.25, 0.3) is 0 Å². The largest absolute Gasteiger partial charge is 0.480 e. The number of methoxy groups -OCH3 is 1. The van der Waals surface area contributed by atoms with Crippen LogP contribution in [0.5, 0.6) is 0 Å². The first-order valence-electron chi connectivity index (χ1n) is 6.25. The average molecular weight is 298 g/mol. The van der Waals surface area contributed by atoms with Gasteiger partial charge >= 0.3 is 18.0 Å². The molecule has 9 nitrogen and oxygen atoms in total. The normalized spacial score (nSPS) is 11.5. The molecule has 0 aliphatic heterocycles. The first-order valence-corrected chi connectivity index (χ1v) is 6.25. The number of amides is 2. The van der Waals surface area contributed by atoms with Crippen LogP contribution in [0, 0.1) is 0 Å².